The monoisotopic (exact) mass is 585 g/mol. The number of hydrogen-bond donors (Lipinski definition) is 1. The summed E-state index contributed by atoms with van der Waals surface area (Å²) in [7, 11) is 0. The van der Waals surface area contributed by atoms with Gasteiger partial charge in [-0.3, -0.25) is 9.69 Å². The van der Waals surface area contributed by atoms with E-state index in [-0.39, 0.29) is 24.7 Å². The summed E-state index contributed by atoms with van der Waals surface area (Å²) in [6.07, 6.45) is -9.54. The molecule has 1 N–H and O–H groups in total. The molecule has 2 aromatic rings. The lowest BCUT2D eigenvalue weighted by atomic mass is 9.87. The van der Waals surface area contributed by atoms with Crippen LogP contribution in [0.25, 0.3) is 0 Å². The van der Waals surface area contributed by atoms with Crippen molar-refractivity contribution in [2.45, 2.75) is 70.1 Å². The molecule has 2 amide bonds. The van der Waals surface area contributed by atoms with E-state index in [4.69, 9.17) is 4.74 Å². The maximum Gasteiger partial charge on any atom is 0.416 e. The highest BCUT2D eigenvalue weighted by molar-refractivity contribution is 5.89. The van der Waals surface area contributed by atoms with Gasteiger partial charge in [0.25, 0.3) is 0 Å². The zero-order chi connectivity index (χ0) is 30.4. The predicted molar refractivity (Wildman–Crippen MR) is 139 cm³/mol. The summed E-state index contributed by atoms with van der Waals surface area (Å²) >= 11 is 0. The van der Waals surface area contributed by atoms with Crippen molar-refractivity contribution < 1.29 is 40.7 Å². The number of aryl methyl sites for hydroxylation is 1. The number of fused-ring (bicyclic) bond motifs is 1. The van der Waals surface area contributed by atoms with Gasteiger partial charge < -0.3 is 15.0 Å². The largest absolute Gasteiger partial charge is 0.444 e. The van der Waals surface area contributed by atoms with Crippen molar-refractivity contribution in [3.05, 3.63) is 70.3 Å². The Kier molecular flexibility index (Phi) is 8.12. The van der Waals surface area contributed by atoms with Gasteiger partial charge in [0, 0.05) is 26.2 Å². The molecule has 2 aromatic carbocycles. The van der Waals surface area contributed by atoms with Gasteiger partial charge in [0.05, 0.1) is 17.2 Å². The van der Waals surface area contributed by atoms with Crippen LogP contribution in [0.4, 0.5) is 31.1 Å². The van der Waals surface area contributed by atoms with E-state index in [1.807, 2.05) is 23.1 Å². The molecule has 2 unspecified atom stereocenters. The van der Waals surface area contributed by atoms with Crippen molar-refractivity contribution in [3.8, 4) is 0 Å². The minimum absolute atomic E-state index is 0.0664. The number of halogens is 6. The predicted octanol–water partition coefficient (Wildman–Crippen LogP) is 6.30. The van der Waals surface area contributed by atoms with Crippen LogP contribution in [0, 0.1) is 0 Å². The highest BCUT2D eigenvalue weighted by atomic mass is 19.4. The highest BCUT2D eigenvalue weighted by Crippen LogP contribution is 2.43. The van der Waals surface area contributed by atoms with E-state index in [0.29, 0.717) is 38.1 Å². The molecule has 12 heteroatoms. The quantitative estimate of drug-likeness (QED) is 0.428. The fraction of sp³-hybridized carbons (Fsp3) is 0.517. The van der Waals surface area contributed by atoms with Crippen molar-refractivity contribution in [1.29, 1.82) is 0 Å². The van der Waals surface area contributed by atoms with Crippen LogP contribution in [-0.2, 0) is 33.8 Å². The number of carbonyl (C=O) groups is 2. The lowest BCUT2D eigenvalue weighted by molar-refractivity contribution is -0.143. The molecule has 1 aliphatic heterocycles. The average Bonchev–Trinajstić information content (AvgIpc) is 3.27. The number of carbonyl (C=O) groups excluding carboxylic acids is 2. The normalized spacial score (nSPS) is 20.9. The number of ether oxygens (including phenoxy) is 1. The molecule has 0 spiro atoms. The molecule has 1 fully saturated rings. The molecule has 41 heavy (non-hydrogen) atoms. The smallest absolute Gasteiger partial charge is 0.416 e. The summed E-state index contributed by atoms with van der Waals surface area (Å²) in [5, 5.41) is 2.72. The van der Waals surface area contributed by atoms with Gasteiger partial charge in [0.2, 0.25) is 5.91 Å². The Morgan fingerprint density at radius 2 is 1.46 bits per heavy atom. The fourth-order valence-electron chi connectivity index (χ4n) is 5.53. The number of nitrogens with zero attached hydrogens (tertiary/aromatic N) is 2. The number of amides is 2. The number of benzene rings is 2. The molecule has 0 aromatic heterocycles. The average molecular weight is 586 g/mol. The second-order valence-electron chi connectivity index (χ2n) is 11.5. The van der Waals surface area contributed by atoms with Crippen LogP contribution in [-0.4, -0.2) is 53.6 Å². The second-order valence-corrected chi connectivity index (χ2v) is 11.5. The Balaban J connectivity index is 1.63. The van der Waals surface area contributed by atoms with Gasteiger partial charge in [0.15, 0.2) is 0 Å². The van der Waals surface area contributed by atoms with E-state index in [0.717, 1.165) is 11.1 Å². The molecule has 0 bridgehead atoms. The number of nitrogens with one attached hydrogen (secondary N) is 1. The Morgan fingerprint density at radius 3 is 2.00 bits per heavy atom. The van der Waals surface area contributed by atoms with E-state index in [2.05, 4.69) is 5.32 Å². The van der Waals surface area contributed by atoms with E-state index in [1.54, 1.807) is 31.7 Å². The van der Waals surface area contributed by atoms with Crippen molar-refractivity contribution in [3.63, 3.8) is 0 Å². The second kappa shape index (κ2) is 10.8. The molecule has 6 nitrogen and oxygen atoms in total. The SMILES string of the molecule is CC(NC(=O)C1(N2CCN(C(=O)OC(C)(C)C)CC2)CCc2ccccc21)c1cc(C(F)(F)F)cc(C(F)(F)F)c1. The van der Waals surface area contributed by atoms with Gasteiger partial charge in [-0.25, -0.2) is 4.79 Å². The topological polar surface area (TPSA) is 61.9 Å². The molecule has 1 saturated heterocycles. The zero-order valence-electron chi connectivity index (χ0n) is 23.2. The van der Waals surface area contributed by atoms with Crippen LogP contribution in [0.15, 0.2) is 42.5 Å². The highest BCUT2D eigenvalue weighted by Gasteiger charge is 2.51. The first-order chi connectivity index (χ1) is 18.9. The lowest BCUT2D eigenvalue weighted by Gasteiger charge is -2.45. The summed E-state index contributed by atoms with van der Waals surface area (Å²) in [4.78, 5) is 30.2. The molecule has 0 saturated carbocycles. The summed E-state index contributed by atoms with van der Waals surface area (Å²) in [6, 6.07) is 7.53. The molecule has 2 aliphatic rings. The van der Waals surface area contributed by atoms with Crippen LogP contribution < -0.4 is 5.32 Å². The fourth-order valence-corrected chi connectivity index (χ4v) is 5.53. The molecule has 0 radical (unpaired) electrons. The number of alkyl halides is 6. The third-order valence-electron chi connectivity index (χ3n) is 7.52. The number of hydrogen-bond acceptors (Lipinski definition) is 4. The van der Waals surface area contributed by atoms with Crippen LogP contribution in [0.3, 0.4) is 0 Å². The van der Waals surface area contributed by atoms with E-state index in [1.165, 1.54) is 6.92 Å². The standard InChI is InChI=1S/C29H33F6N3O3/c1-18(20-15-21(28(30,31)32)17-22(16-20)29(33,34)35)36-24(39)27(10-9-19-7-5-6-8-23(19)27)38-13-11-37(12-14-38)25(40)41-26(2,3)4/h5-8,15-18H,9-14H2,1-4H3,(H,36,39). The van der Waals surface area contributed by atoms with Crippen molar-refractivity contribution in [2.24, 2.45) is 0 Å². The van der Waals surface area contributed by atoms with E-state index < -0.39 is 52.7 Å². The molecule has 4 rings (SSSR count). The molecular formula is C29H33F6N3O3. The Morgan fingerprint density at radius 1 is 0.902 bits per heavy atom. The van der Waals surface area contributed by atoms with Crippen LogP contribution in [0.5, 0.6) is 0 Å². The van der Waals surface area contributed by atoms with Crippen LogP contribution >= 0.6 is 0 Å². The first-order valence-corrected chi connectivity index (χ1v) is 13.3. The maximum atomic E-state index is 14.1. The van der Waals surface area contributed by atoms with Gasteiger partial charge in [-0.15, -0.1) is 0 Å². The lowest BCUT2D eigenvalue weighted by Crippen LogP contribution is -2.61. The molecule has 2 atom stereocenters. The first-order valence-electron chi connectivity index (χ1n) is 13.3. The minimum Gasteiger partial charge on any atom is -0.444 e. The summed E-state index contributed by atoms with van der Waals surface area (Å²) in [5.74, 6) is -0.522. The van der Waals surface area contributed by atoms with Gasteiger partial charge in [0.1, 0.15) is 11.1 Å². The van der Waals surface area contributed by atoms with Crippen molar-refractivity contribution in [1.82, 2.24) is 15.1 Å². The van der Waals surface area contributed by atoms with Crippen molar-refractivity contribution >= 4 is 12.0 Å². The van der Waals surface area contributed by atoms with Gasteiger partial charge in [-0.05, 0) is 75.4 Å². The minimum atomic E-state index is -5.00. The Bertz CT molecular complexity index is 1260. The van der Waals surface area contributed by atoms with Crippen molar-refractivity contribution in [2.75, 3.05) is 26.2 Å². The van der Waals surface area contributed by atoms with Gasteiger partial charge in [-0.1, -0.05) is 24.3 Å². The van der Waals surface area contributed by atoms with Gasteiger partial charge in [-0.2, -0.15) is 26.3 Å². The number of piperazine rings is 1. The van der Waals surface area contributed by atoms with Crippen LogP contribution in [0.2, 0.25) is 0 Å². The third kappa shape index (κ3) is 6.47. The molecule has 1 heterocycles. The van der Waals surface area contributed by atoms with Gasteiger partial charge >= 0.3 is 18.4 Å². The molecule has 1 aliphatic carbocycles. The molecule has 224 valence electrons. The molecular weight excluding hydrogens is 552 g/mol. The van der Waals surface area contributed by atoms with Crippen LogP contribution in [0.1, 0.15) is 68.0 Å². The zero-order valence-corrected chi connectivity index (χ0v) is 23.2. The third-order valence-corrected chi connectivity index (χ3v) is 7.52. The van der Waals surface area contributed by atoms with E-state index >= 15 is 0 Å². The summed E-state index contributed by atoms with van der Waals surface area (Å²) in [6.45, 7) is 7.85. The maximum absolute atomic E-state index is 14.1. The Hall–Kier alpha value is -3.28. The Labute approximate surface area is 234 Å². The first kappa shape index (κ1) is 30.7. The van der Waals surface area contributed by atoms with E-state index in [9.17, 15) is 35.9 Å². The summed E-state index contributed by atoms with van der Waals surface area (Å²) in [5.41, 5.74) is -3.41. The number of rotatable bonds is 4. The summed E-state index contributed by atoms with van der Waals surface area (Å²) < 4.78 is 86.2.